The quantitative estimate of drug-likeness (QED) is 0.151. The minimum absolute atomic E-state index is 0.0920. The Morgan fingerprint density at radius 3 is 2.49 bits per heavy atom. The van der Waals surface area contributed by atoms with Gasteiger partial charge >= 0.3 is 6.18 Å². The molecule has 0 fully saturated rings. The molecule has 0 saturated heterocycles. The molecule has 2 N–H and O–H groups in total. The number of amides is 2. The van der Waals surface area contributed by atoms with Crippen LogP contribution in [0.3, 0.4) is 0 Å². The van der Waals surface area contributed by atoms with Crippen LogP contribution in [-0.2, 0) is 17.5 Å². The maximum Gasteiger partial charge on any atom is 0.418 e. The van der Waals surface area contributed by atoms with E-state index < -0.39 is 28.5 Å². The van der Waals surface area contributed by atoms with E-state index in [-0.39, 0.29) is 34.4 Å². The van der Waals surface area contributed by atoms with Crippen molar-refractivity contribution in [3.63, 3.8) is 0 Å². The Balaban J connectivity index is 1.53. The summed E-state index contributed by atoms with van der Waals surface area (Å²) in [5, 5.41) is 24.8. The number of nitro benzene ring substituents is 1. The van der Waals surface area contributed by atoms with Crippen LogP contribution in [0.15, 0.2) is 71.9 Å². The second-order valence-corrected chi connectivity index (χ2v) is 9.84. The lowest BCUT2D eigenvalue weighted by Gasteiger charge is -2.14. The van der Waals surface area contributed by atoms with Crippen molar-refractivity contribution in [2.45, 2.75) is 31.7 Å². The van der Waals surface area contributed by atoms with Crippen LogP contribution in [-0.4, -0.2) is 37.3 Å². The van der Waals surface area contributed by atoms with Crippen LogP contribution in [0.1, 0.15) is 32.9 Å². The molecule has 0 saturated carbocycles. The van der Waals surface area contributed by atoms with E-state index in [2.05, 4.69) is 20.8 Å². The summed E-state index contributed by atoms with van der Waals surface area (Å²) in [5.41, 5.74) is 0.554. The number of anilines is 1. The van der Waals surface area contributed by atoms with Gasteiger partial charge in [0.25, 0.3) is 11.6 Å². The van der Waals surface area contributed by atoms with Gasteiger partial charge in [0.2, 0.25) is 5.91 Å². The molecule has 1 heterocycles. The monoisotopic (exact) mass is 584 g/mol. The van der Waals surface area contributed by atoms with Crippen molar-refractivity contribution in [2.75, 3.05) is 11.1 Å². The van der Waals surface area contributed by atoms with Crippen molar-refractivity contribution in [1.29, 1.82) is 0 Å². The number of aryl methyl sites for hydroxylation is 2. The summed E-state index contributed by atoms with van der Waals surface area (Å²) >= 11 is 0.955. The molecule has 212 valence electrons. The predicted octanol–water partition coefficient (Wildman–Crippen LogP) is 5.47. The number of halogens is 3. The Bertz CT molecular complexity index is 1620. The first-order chi connectivity index (χ1) is 19.4. The van der Waals surface area contributed by atoms with Crippen molar-refractivity contribution in [2.24, 2.45) is 0 Å². The molecular weight excluding hydrogens is 561 g/mol. The number of carbonyl (C=O) groups is 2. The Hall–Kier alpha value is -4.72. The van der Waals surface area contributed by atoms with Crippen molar-refractivity contribution < 1.29 is 27.7 Å². The lowest BCUT2D eigenvalue weighted by atomic mass is 10.1. The van der Waals surface area contributed by atoms with E-state index >= 15 is 0 Å². The first kappa shape index (κ1) is 29.3. The van der Waals surface area contributed by atoms with Crippen LogP contribution in [0.5, 0.6) is 0 Å². The van der Waals surface area contributed by atoms with Gasteiger partial charge in [0.1, 0.15) is 0 Å². The number of rotatable bonds is 9. The Labute approximate surface area is 236 Å². The fraction of sp³-hybridized carbons (Fsp3) is 0.185. The summed E-state index contributed by atoms with van der Waals surface area (Å²) in [4.78, 5) is 36.0. The summed E-state index contributed by atoms with van der Waals surface area (Å²) in [7, 11) is 0. The maximum atomic E-state index is 13.3. The molecule has 10 nitrogen and oxygen atoms in total. The number of para-hydroxylation sites is 1. The molecule has 41 heavy (non-hydrogen) atoms. The topological polar surface area (TPSA) is 132 Å². The number of nitrogens with zero attached hydrogens (tertiary/aromatic N) is 4. The van der Waals surface area contributed by atoms with E-state index in [0.29, 0.717) is 17.1 Å². The molecule has 0 atom stereocenters. The van der Waals surface area contributed by atoms with E-state index in [9.17, 15) is 32.9 Å². The van der Waals surface area contributed by atoms with E-state index in [1.807, 2.05) is 19.1 Å². The van der Waals surface area contributed by atoms with Crippen LogP contribution < -0.4 is 10.6 Å². The average Bonchev–Trinajstić information content (AvgIpc) is 3.33. The summed E-state index contributed by atoms with van der Waals surface area (Å²) in [5.74, 6) is -1.21. The smallest absolute Gasteiger partial charge is 0.345 e. The fourth-order valence-electron chi connectivity index (χ4n) is 3.90. The van der Waals surface area contributed by atoms with Crippen molar-refractivity contribution in [3.05, 3.63) is 105 Å². The van der Waals surface area contributed by atoms with Gasteiger partial charge in [0, 0.05) is 22.9 Å². The highest BCUT2D eigenvalue weighted by molar-refractivity contribution is 7.99. The standard InChI is InChI=1S/C27H23F3N6O4S/c1-16-6-5-7-19(12-16)35-23(14-31-25(38)18-11-10-17(2)22(13-18)36(39)40)33-34-26(35)41-15-24(37)32-21-9-4-3-8-20(21)27(28,29)30/h3-13H,14-15H2,1-2H3,(H,31,38)(H,32,37). The molecule has 0 aliphatic rings. The second kappa shape index (κ2) is 12.2. The normalized spacial score (nSPS) is 11.2. The SMILES string of the molecule is Cc1cccc(-n2c(CNC(=O)c3ccc(C)c([N+](=O)[O-])c3)nnc2SCC(=O)Nc2ccccc2C(F)(F)F)c1. The molecule has 0 aliphatic heterocycles. The number of nitrogens with one attached hydrogen (secondary N) is 2. The molecule has 0 bridgehead atoms. The van der Waals surface area contributed by atoms with Crippen LogP contribution in [0.2, 0.25) is 0 Å². The average molecular weight is 585 g/mol. The molecule has 3 aromatic carbocycles. The summed E-state index contributed by atoms with van der Waals surface area (Å²) in [6, 6.07) is 16.1. The van der Waals surface area contributed by atoms with E-state index in [1.54, 1.807) is 23.6 Å². The lowest BCUT2D eigenvalue weighted by molar-refractivity contribution is -0.385. The third-order valence-electron chi connectivity index (χ3n) is 5.87. The van der Waals surface area contributed by atoms with Crippen LogP contribution in [0, 0.1) is 24.0 Å². The Kier molecular flexibility index (Phi) is 8.71. The molecule has 0 spiro atoms. The first-order valence-corrected chi connectivity index (χ1v) is 13.1. The maximum absolute atomic E-state index is 13.3. The van der Waals surface area contributed by atoms with Gasteiger partial charge in [-0.25, -0.2) is 0 Å². The zero-order valence-electron chi connectivity index (χ0n) is 21.7. The van der Waals surface area contributed by atoms with Crippen molar-refractivity contribution >= 4 is 35.0 Å². The van der Waals surface area contributed by atoms with Gasteiger partial charge in [0.05, 0.1) is 28.5 Å². The molecule has 0 unspecified atom stereocenters. The van der Waals surface area contributed by atoms with Gasteiger partial charge in [-0.2, -0.15) is 13.2 Å². The van der Waals surface area contributed by atoms with Crippen LogP contribution in [0.4, 0.5) is 24.5 Å². The summed E-state index contributed by atoms with van der Waals surface area (Å²) < 4.78 is 41.5. The lowest BCUT2D eigenvalue weighted by Crippen LogP contribution is -2.25. The number of nitro groups is 1. The molecule has 1 aromatic heterocycles. The summed E-state index contributed by atoms with van der Waals surface area (Å²) in [6.07, 6.45) is -4.63. The van der Waals surface area contributed by atoms with Gasteiger partial charge in [-0.15, -0.1) is 10.2 Å². The predicted molar refractivity (Wildman–Crippen MR) is 146 cm³/mol. The number of benzene rings is 3. The highest BCUT2D eigenvalue weighted by Gasteiger charge is 2.33. The molecule has 0 aliphatic carbocycles. The minimum Gasteiger partial charge on any atom is -0.345 e. The van der Waals surface area contributed by atoms with Crippen LogP contribution >= 0.6 is 11.8 Å². The van der Waals surface area contributed by atoms with Gasteiger partial charge in [-0.05, 0) is 49.7 Å². The zero-order valence-corrected chi connectivity index (χ0v) is 22.5. The third kappa shape index (κ3) is 7.08. The molecule has 2 amide bonds. The number of alkyl halides is 3. The van der Waals surface area contributed by atoms with Crippen molar-refractivity contribution in [1.82, 2.24) is 20.1 Å². The van der Waals surface area contributed by atoms with Gasteiger partial charge in [-0.3, -0.25) is 24.3 Å². The van der Waals surface area contributed by atoms with E-state index in [1.165, 1.54) is 36.4 Å². The third-order valence-corrected chi connectivity index (χ3v) is 6.80. The number of carbonyl (C=O) groups excluding carboxylic acids is 2. The fourth-order valence-corrected chi connectivity index (χ4v) is 4.67. The second-order valence-electron chi connectivity index (χ2n) is 8.89. The number of aromatic nitrogens is 3. The van der Waals surface area contributed by atoms with Gasteiger partial charge < -0.3 is 10.6 Å². The molecule has 0 radical (unpaired) electrons. The number of hydrogen-bond acceptors (Lipinski definition) is 7. The van der Waals surface area contributed by atoms with E-state index in [0.717, 1.165) is 23.4 Å². The van der Waals surface area contributed by atoms with Crippen molar-refractivity contribution in [3.8, 4) is 5.69 Å². The molecule has 4 aromatic rings. The van der Waals surface area contributed by atoms with Crippen LogP contribution in [0.25, 0.3) is 5.69 Å². The highest BCUT2D eigenvalue weighted by atomic mass is 32.2. The molecular formula is C27H23F3N6O4S. The summed E-state index contributed by atoms with van der Waals surface area (Å²) in [6.45, 7) is 3.34. The minimum atomic E-state index is -4.63. The van der Waals surface area contributed by atoms with E-state index in [4.69, 9.17) is 0 Å². The Morgan fingerprint density at radius 2 is 1.78 bits per heavy atom. The Morgan fingerprint density at radius 1 is 1.02 bits per heavy atom. The first-order valence-electron chi connectivity index (χ1n) is 12.1. The van der Waals surface area contributed by atoms with Gasteiger partial charge in [0.15, 0.2) is 11.0 Å². The number of hydrogen-bond donors (Lipinski definition) is 2. The van der Waals surface area contributed by atoms with Gasteiger partial charge in [-0.1, -0.05) is 42.1 Å². The highest BCUT2D eigenvalue weighted by Crippen LogP contribution is 2.34. The zero-order chi connectivity index (χ0) is 29.7. The largest absolute Gasteiger partial charge is 0.418 e. The molecule has 4 rings (SSSR count). The number of thioether (sulfide) groups is 1. The molecule has 14 heteroatoms.